The fraction of sp³-hybridized carbons (Fsp3) is 0.500. The average Bonchev–Trinajstić information content (AvgIpc) is 2.77. The molecule has 0 aromatic carbocycles. The number of Topliss-reactive ketones (excluding diaryl/α,β-unsaturated/α-hetero) is 1. The van der Waals surface area contributed by atoms with Gasteiger partial charge in [0.1, 0.15) is 0 Å². The molecule has 1 aromatic rings. The van der Waals surface area contributed by atoms with Crippen LogP contribution in [-0.4, -0.2) is 17.7 Å². The van der Waals surface area contributed by atoms with E-state index in [2.05, 4.69) is 27.7 Å². The molecule has 2 unspecified atom stereocenters. The molecule has 1 aliphatic rings. The minimum Gasteiger partial charge on any atom is -0.293 e. The Kier molecular flexibility index (Phi) is 6.19. The van der Waals surface area contributed by atoms with Gasteiger partial charge >= 0.3 is 0 Å². The molecule has 0 bridgehead atoms. The Balaban J connectivity index is 0.000000209. The molecule has 0 fully saturated rings. The van der Waals surface area contributed by atoms with Crippen LogP contribution in [0.1, 0.15) is 27.0 Å². The molecule has 0 saturated carbocycles. The Bertz CT molecular complexity index is 375. The number of hydrogen-bond donors (Lipinski definition) is 1. The van der Waals surface area contributed by atoms with Crippen LogP contribution < -0.4 is 0 Å². The van der Waals surface area contributed by atoms with E-state index in [1.54, 1.807) is 18.0 Å². The first-order valence-electron chi connectivity index (χ1n) is 5.04. The number of carbonyl (C=O) groups is 1. The van der Waals surface area contributed by atoms with Gasteiger partial charge in [0.25, 0.3) is 0 Å². The summed E-state index contributed by atoms with van der Waals surface area (Å²) in [5.74, 6) is 0.579. The molecule has 2 atom stereocenters. The lowest BCUT2D eigenvalue weighted by molar-refractivity contribution is -0.592. The topological polar surface area (TPSA) is 65.0 Å². The Hall–Kier alpha value is -0.360. The maximum Gasteiger partial charge on any atom is 0.176 e. The van der Waals surface area contributed by atoms with Gasteiger partial charge in [-0.25, -0.2) is 5.26 Å². The van der Waals surface area contributed by atoms with E-state index in [1.165, 1.54) is 10.4 Å². The van der Waals surface area contributed by atoms with Crippen LogP contribution in [0.5, 0.6) is 0 Å². The Morgan fingerprint density at radius 3 is 2.76 bits per heavy atom. The number of aryl methyl sites for hydroxylation is 1. The molecular weight excluding hydrogens is 263 g/mol. The van der Waals surface area contributed by atoms with Crippen molar-refractivity contribution in [1.29, 1.82) is 0 Å². The van der Waals surface area contributed by atoms with Gasteiger partial charge in [0, 0.05) is 10.8 Å². The predicted molar refractivity (Wildman–Crippen MR) is 66.4 cm³/mol. The summed E-state index contributed by atoms with van der Waals surface area (Å²) in [6.45, 7) is 5.78. The van der Waals surface area contributed by atoms with Gasteiger partial charge in [0.05, 0.1) is 13.7 Å². The van der Waals surface area contributed by atoms with Crippen LogP contribution >= 0.6 is 20.1 Å². The van der Waals surface area contributed by atoms with Crippen molar-refractivity contribution in [3.63, 3.8) is 0 Å². The number of thiophene rings is 1. The maximum absolute atomic E-state index is 11.4. The zero-order valence-electron chi connectivity index (χ0n) is 9.85. The number of carbonyl (C=O) groups excluding carboxylic acids is 1. The van der Waals surface area contributed by atoms with E-state index >= 15 is 0 Å². The standard InChI is InChI=1S/C9H10OS.CH5O4P/c1-5-3-7-4-6(2)11-9(7)8(5)10;1-6-5-4-3-2/h4-5H,3H2,1-2H3;2,6H,1H3. The van der Waals surface area contributed by atoms with Crippen molar-refractivity contribution in [2.75, 3.05) is 6.66 Å². The van der Waals surface area contributed by atoms with Gasteiger partial charge in [-0.3, -0.25) is 4.79 Å². The van der Waals surface area contributed by atoms with E-state index in [4.69, 9.17) is 5.26 Å². The molecule has 1 heterocycles. The molecule has 1 aromatic heterocycles. The normalized spacial score (nSPS) is 18.4. The SMILES string of the molecule is CPOOOO.Cc1cc2c(s1)C(=O)C(C)C2. The molecule has 5 nitrogen and oxygen atoms in total. The third-order valence-corrected chi connectivity index (χ3v) is 3.62. The monoisotopic (exact) mass is 278 g/mol. The zero-order chi connectivity index (χ0) is 12.8. The van der Waals surface area contributed by atoms with Gasteiger partial charge < -0.3 is 0 Å². The molecule has 1 aliphatic carbocycles. The zero-order valence-corrected chi connectivity index (χ0v) is 11.7. The molecule has 0 radical (unpaired) electrons. The minimum absolute atomic E-state index is 0.157. The van der Waals surface area contributed by atoms with Crippen molar-refractivity contribution in [3.05, 3.63) is 21.4 Å². The van der Waals surface area contributed by atoms with Crippen LogP contribution in [0, 0.1) is 12.8 Å². The Morgan fingerprint density at radius 2 is 2.29 bits per heavy atom. The third-order valence-electron chi connectivity index (χ3n) is 2.28. The molecule has 96 valence electrons. The second-order valence-electron chi connectivity index (χ2n) is 3.61. The smallest absolute Gasteiger partial charge is 0.176 e. The summed E-state index contributed by atoms with van der Waals surface area (Å²) in [7, 11) is 0.157. The molecule has 17 heavy (non-hydrogen) atoms. The lowest BCUT2D eigenvalue weighted by atomic mass is 10.1. The lowest BCUT2D eigenvalue weighted by Gasteiger charge is -1.95. The largest absolute Gasteiger partial charge is 0.293 e. The fourth-order valence-corrected chi connectivity index (χ4v) is 2.82. The first-order valence-corrected chi connectivity index (χ1v) is 7.26. The van der Waals surface area contributed by atoms with Gasteiger partial charge in [-0.15, -0.1) is 11.3 Å². The summed E-state index contributed by atoms with van der Waals surface area (Å²) < 4.78 is 4.04. The second-order valence-corrected chi connectivity index (χ2v) is 5.44. The van der Waals surface area contributed by atoms with Gasteiger partial charge in [-0.1, -0.05) is 6.92 Å². The summed E-state index contributed by atoms with van der Waals surface area (Å²) in [6, 6.07) is 2.14. The minimum atomic E-state index is 0.157. The molecular formula is C10H15O5PS. The molecule has 0 saturated heterocycles. The highest BCUT2D eigenvalue weighted by molar-refractivity contribution is 7.31. The number of rotatable bonds is 3. The summed E-state index contributed by atoms with van der Waals surface area (Å²) in [5.41, 5.74) is 1.27. The Morgan fingerprint density at radius 1 is 1.59 bits per heavy atom. The maximum atomic E-state index is 11.4. The molecule has 0 aliphatic heterocycles. The highest BCUT2D eigenvalue weighted by Crippen LogP contribution is 2.32. The first kappa shape index (κ1) is 14.7. The van der Waals surface area contributed by atoms with Crippen molar-refractivity contribution in [2.45, 2.75) is 20.3 Å². The van der Waals surface area contributed by atoms with E-state index in [0.29, 0.717) is 5.78 Å². The van der Waals surface area contributed by atoms with Crippen molar-refractivity contribution >= 4 is 25.9 Å². The summed E-state index contributed by atoms with van der Waals surface area (Å²) in [4.78, 5) is 13.7. The first-order chi connectivity index (χ1) is 8.10. The van der Waals surface area contributed by atoms with Crippen LogP contribution in [0.4, 0.5) is 0 Å². The Labute approximate surface area is 105 Å². The summed E-state index contributed by atoms with van der Waals surface area (Å²) in [5, 5.41) is 14.0. The number of hydrogen-bond acceptors (Lipinski definition) is 6. The number of ketones is 1. The van der Waals surface area contributed by atoms with Gasteiger partial charge in [-0.2, -0.15) is 4.67 Å². The molecule has 0 amide bonds. The van der Waals surface area contributed by atoms with E-state index in [1.807, 2.05) is 6.92 Å². The van der Waals surface area contributed by atoms with Crippen molar-refractivity contribution in [3.8, 4) is 0 Å². The molecule has 0 spiro atoms. The second kappa shape index (κ2) is 7.16. The van der Waals surface area contributed by atoms with Crippen molar-refractivity contribution in [2.24, 2.45) is 5.92 Å². The van der Waals surface area contributed by atoms with Gasteiger partial charge in [-0.05, 0) is 41.7 Å². The molecule has 2 rings (SSSR count). The summed E-state index contributed by atoms with van der Waals surface area (Å²) in [6.07, 6.45) is 0.957. The van der Waals surface area contributed by atoms with E-state index in [9.17, 15) is 4.79 Å². The molecule has 1 N–H and O–H groups in total. The van der Waals surface area contributed by atoms with E-state index in [0.717, 1.165) is 11.3 Å². The molecule has 7 heteroatoms. The van der Waals surface area contributed by atoms with Crippen LogP contribution in [0.15, 0.2) is 6.07 Å². The van der Waals surface area contributed by atoms with Gasteiger partial charge in [0.15, 0.2) is 5.78 Å². The van der Waals surface area contributed by atoms with Crippen LogP contribution in [-0.2, 0) is 21.2 Å². The summed E-state index contributed by atoms with van der Waals surface area (Å²) >= 11 is 1.64. The quantitative estimate of drug-likeness (QED) is 0.398. The number of fused-ring (bicyclic) bond motifs is 1. The van der Waals surface area contributed by atoms with Crippen LogP contribution in [0.3, 0.4) is 0 Å². The fourth-order valence-electron chi connectivity index (χ4n) is 1.62. The van der Waals surface area contributed by atoms with Crippen molar-refractivity contribution < 1.29 is 24.8 Å². The highest BCUT2D eigenvalue weighted by Gasteiger charge is 2.28. The van der Waals surface area contributed by atoms with E-state index < -0.39 is 0 Å². The average molecular weight is 278 g/mol. The lowest BCUT2D eigenvalue weighted by Crippen LogP contribution is -2.02. The van der Waals surface area contributed by atoms with Gasteiger partial charge in [0.2, 0.25) is 0 Å². The van der Waals surface area contributed by atoms with Crippen LogP contribution in [0.2, 0.25) is 0 Å². The predicted octanol–water partition coefficient (Wildman–Crippen LogP) is 2.99. The highest BCUT2D eigenvalue weighted by atomic mass is 32.1. The van der Waals surface area contributed by atoms with E-state index in [-0.39, 0.29) is 14.7 Å². The van der Waals surface area contributed by atoms with Crippen molar-refractivity contribution in [1.82, 2.24) is 0 Å². The van der Waals surface area contributed by atoms with Crippen LogP contribution in [0.25, 0.3) is 0 Å². The third kappa shape index (κ3) is 4.10.